The maximum Gasteiger partial charge on any atom is 0.261 e. The number of carbonyl (C=O) groups excluding carboxylic acids is 1. The van der Waals surface area contributed by atoms with E-state index in [1.54, 1.807) is 32.1 Å². The van der Waals surface area contributed by atoms with Crippen molar-refractivity contribution in [3.63, 3.8) is 0 Å². The second-order valence-electron chi connectivity index (χ2n) is 7.33. The Kier molecular flexibility index (Phi) is 11.6. The van der Waals surface area contributed by atoms with Gasteiger partial charge in [-0.05, 0) is 53.9 Å². The fourth-order valence-corrected chi connectivity index (χ4v) is 5.07. The van der Waals surface area contributed by atoms with Crippen LogP contribution in [0.25, 0.3) is 0 Å². The molecule has 2 unspecified atom stereocenters. The van der Waals surface area contributed by atoms with Gasteiger partial charge < -0.3 is 5.32 Å². The number of amides is 1. The van der Waals surface area contributed by atoms with Crippen molar-refractivity contribution in [2.75, 3.05) is 0 Å². The third-order valence-electron chi connectivity index (χ3n) is 4.50. The quantitative estimate of drug-likeness (QED) is 0.347. The number of nitriles is 3. The number of allylic oxidation sites excluding steroid dienone is 5. The van der Waals surface area contributed by atoms with Crippen molar-refractivity contribution in [3.8, 4) is 18.2 Å². The maximum absolute atomic E-state index is 12.7. The number of sulfone groups is 2. The second-order valence-corrected chi connectivity index (χ2v) is 12.0. The van der Waals surface area contributed by atoms with Gasteiger partial charge in [0.05, 0.1) is 10.5 Å². The number of rotatable bonds is 11. The van der Waals surface area contributed by atoms with Crippen LogP contribution in [0.15, 0.2) is 33.6 Å². The zero-order valence-corrected chi connectivity index (χ0v) is 20.4. The summed E-state index contributed by atoms with van der Waals surface area (Å²) >= 11 is 0. The van der Waals surface area contributed by atoms with Crippen LogP contribution in [0.2, 0.25) is 0 Å². The lowest BCUT2D eigenvalue weighted by molar-refractivity contribution is -0.117. The van der Waals surface area contributed by atoms with E-state index >= 15 is 0 Å². The summed E-state index contributed by atoms with van der Waals surface area (Å²) in [4.78, 5) is 10.9. The summed E-state index contributed by atoms with van der Waals surface area (Å²) < 4.78 is 50.1. The largest absolute Gasteiger partial charge is 0.349 e. The molecule has 1 N–H and O–H groups in total. The molecule has 0 saturated carbocycles. The minimum absolute atomic E-state index is 0.0481. The molecular formula is C21H28N4O5S2. The van der Waals surface area contributed by atoms with Gasteiger partial charge in [0.1, 0.15) is 33.6 Å². The Hall–Kier alpha value is -2.94. The third kappa shape index (κ3) is 7.96. The molecule has 0 aliphatic carbocycles. The van der Waals surface area contributed by atoms with E-state index in [4.69, 9.17) is 10.5 Å². The van der Waals surface area contributed by atoms with E-state index in [0.29, 0.717) is 0 Å². The summed E-state index contributed by atoms with van der Waals surface area (Å²) in [6.45, 7) is 7.60. The van der Waals surface area contributed by atoms with E-state index < -0.39 is 45.9 Å². The molecule has 0 aliphatic heterocycles. The SMILES string of the molecule is C/C=C(\C#N)S(=O)(=O)C(C)C/C=C(\C#N)S(=O)(=O)C(C)CC/C=C(\C#N)C(=O)NC(C)C. The van der Waals surface area contributed by atoms with E-state index in [0.717, 1.165) is 12.2 Å². The van der Waals surface area contributed by atoms with E-state index in [9.17, 15) is 26.9 Å². The molecule has 174 valence electrons. The van der Waals surface area contributed by atoms with Crippen LogP contribution in [-0.2, 0) is 24.5 Å². The molecule has 0 aliphatic rings. The van der Waals surface area contributed by atoms with E-state index in [1.807, 2.05) is 0 Å². The molecule has 0 saturated heterocycles. The first kappa shape index (κ1) is 29.1. The molecule has 0 bridgehead atoms. The van der Waals surface area contributed by atoms with Crippen LogP contribution >= 0.6 is 0 Å². The molecule has 0 rings (SSSR count). The first-order valence-electron chi connectivity index (χ1n) is 9.85. The Morgan fingerprint density at radius 2 is 1.41 bits per heavy atom. The maximum atomic E-state index is 12.7. The summed E-state index contributed by atoms with van der Waals surface area (Å²) in [5, 5.41) is 27.8. The molecule has 0 aromatic heterocycles. The van der Waals surface area contributed by atoms with Gasteiger partial charge in [0.15, 0.2) is 19.7 Å². The van der Waals surface area contributed by atoms with Crippen LogP contribution in [0.5, 0.6) is 0 Å². The Morgan fingerprint density at radius 1 is 0.875 bits per heavy atom. The van der Waals surface area contributed by atoms with E-state index in [2.05, 4.69) is 5.32 Å². The number of hydrogen-bond acceptors (Lipinski definition) is 8. The fraction of sp³-hybridized carbons (Fsp3) is 0.524. The average molecular weight is 481 g/mol. The Labute approximate surface area is 190 Å². The highest BCUT2D eigenvalue weighted by Gasteiger charge is 2.28. The summed E-state index contributed by atoms with van der Waals surface area (Å²) in [5.41, 5.74) is -0.129. The standard InChI is InChI=1S/C21H28N4O5S2/c1-6-19(13-23)31(27,28)17(5)10-11-20(14-24)32(29,30)16(4)8-7-9-18(12-22)21(26)25-15(2)3/h6,9,11,15-17H,7-8,10H2,1-5H3,(H,25,26)/b18-9+,19-6+,20-11+. The van der Waals surface area contributed by atoms with Gasteiger partial charge in [-0.2, -0.15) is 15.8 Å². The fourth-order valence-electron chi connectivity index (χ4n) is 2.50. The number of nitrogens with zero attached hydrogens (tertiary/aromatic N) is 3. The first-order chi connectivity index (χ1) is 14.8. The molecule has 2 atom stereocenters. The molecule has 0 fully saturated rings. The van der Waals surface area contributed by atoms with Gasteiger partial charge in [-0.3, -0.25) is 4.79 Å². The van der Waals surface area contributed by atoms with E-state index in [1.165, 1.54) is 26.8 Å². The molecule has 1 amide bonds. The summed E-state index contributed by atoms with van der Waals surface area (Å²) in [5.74, 6) is -0.552. The van der Waals surface area contributed by atoms with Crippen LogP contribution in [0, 0.1) is 34.0 Å². The average Bonchev–Trinajstić information content (AvgIpc) is 2.71. The molecular weight excluding hydrogens is 452 g/mol. The van der Waals surface area contributed by atoms with Crippen LogP contribution in [0.3, 0.4) is 0 Å². The van der Waals surface area contributed by atoms with Crippen LogP contribution < -0.4 is 5.32 Å². The molecule has 0 radical (unpaired) electrons. The van der Waals surface area contributed by atoms with Crippen molar-refractivity contribution < 1.29 is 21.6 Å². The normalized spacial score (nSPS) is 15.3. The second kappa shape index (κ2) is 12.8. The lowest BCUT2D eigenvalue weighted by Gasteiger charge is -2.13. The van der Waals surface area contributed by atoms with Gasteiger partial charge in [-0.1, -0.05) is 18.2 Å². The zero-order valence-electron chi connectivity index (χ0n) is 18.8. The van der Waals surface area contributed by atoms with Gasteiger partial charge in [0, 0.05) is 6.04 Å². The van der Waals surface area contributed by atoms with Crippen molar-refractivity contribution >= 4 is 25.6 Å². The summed E-state index contributed by atoms with van der Waals surface area (Å²) in [6, 6.07) is 4.80. The Balaban J connectivity index is 5.47. The summed E-state index contributed by atoms with van der Waals surface area (Å²) in [6.07, 6.45) is 3.45. The Morgan fingerprint density at radius 3 is 1.84 bits per heavy atom. The topological polar surface area (TPSA) is 169 Å². The van der Waals surface area contributed by atoms with E-state index in [-0.39, 0.29) is 30.9 Å². The monoisotopic (exact) mass is 480 g/mol. The van der Waals surface area contributed by atoms with Gasteiger partial charge in [0.2, 0.25) is 0 Å². The lowest BCUT2D eigenvalue weighted by Crippen LogP contribution is -2.31. The predicted octanol–water partition coefficient (Wildman–Crippen LogP) is 2.57. The number of hydrogen-bond donors (Lipinski definition) is 1. The number of carbonyl (C=O) groups is 1. The van der Waals surface area contributed by atoms with Crippen molar-refractivity contribution in [3.05, 3.63) is 33.6 Å². The van der Waals surface area contributed by atoms with Crippen molar-refractivity contribution in [2.24, 2.45) is 0 Å². The third-order valence-corrected chi connectivity index (χ3v) is 8.85. The first-order valence-corrected chi connectivity index (χ1v) is 12.9. The van der Waals surface area contributed by atoms with Crippen LogP contribution in [0.1, 0.15) is 53.9 Å². The molecule has 0 spiro atoms. The molecule has 0 heterocycles. The van der Waals surface area contributed by atoms with Crippen molar-refractivity contribution in [1.29, 1.82) is 15.8 Å². The summed E-state index contributed by atoms with van der Waals surface area (Å²) in [7, 11) is -7.99. The number of nitrogens with one attached hydrogen (secondary N) is 1. The smallest absolute Gasteiger partial charge is 0.261 e. The van der Waals surface area contributed by atoms with Crippen LogP contribution in [0.4, 0.5) is 0 Å². The predicted molar refractivity (Wildman–Crippen MR) is 121 cm³/mol. The molecule has 32 heavy (non-hydrogen) atoms. The molecule has 0 aromatic rings. The van der Waals surface area contributed by atoms with Crippen LogP contribution in [-0.4, -0.2) is 39.3 Å². The highest BCUT2D eigenvalue weighted by atomic mass is 32.2. The molecule has 9 nitrogen and oxygen atoms in total. The minimum Gasteiger partial charge on any atom is -0.349 e. The van der Waals surface area contributed by atoms with Crippen molar-refractivity contribution in [2.45, 2.75) is 70.4 Å². The highest BCUT2D eigenvalue weighted by Crippen LogP contribution is 2.21. The van der Waals surface area contributed by atoms with Gasteiger partial charge in [0.25, 0.3) is 5.91 Å². The highest BCUT2D eigenvalue weighted by molar-refractivity contribution is 7.96. The minimum atomic E-state index is -4.05. The molecule has 0 aromatic carbocycles. The molecule has 11 heteroatoms. The van der Waals surface area contributed by atoms with Gasteiger partial charge in [-0.15, -0.1) is 0 Å². The van der Waals surface area contributed by atoms with Gasteiger partial charge in [-0.25, -0.2) is 16.8 Å². The van der Waals surface area contributed by atoms with Crippen molar-refractivity contribution in [1.82, 2.24) is 5.32 Å². The lowest BCUT2D eigenvalue weighted by atomic mass is 10.1. The zero-order chi connectivity index (χ0) is 25.1. The Bertz CT molecular complexity index is 1130. The van der Waals surface area contributed by atoms with Gasteiger partial charge >= 0.3 is 0 Å².